The van der Waals surface area contributed by atoms with Crippen molar-refractivity contribution in [3.63, 3.8) is 0 Å². The third kappa shape index (κ3) is 74.4. The smallest absolute Gasteiger partial charge is 0.330 e. The van der Waals surface area contributed by atoms with Gasteiger partial charge in [0, 0.05) is 53.1 Å². The predicted octanol–water partition coefficient (Wildman–Crippen LogP) is -1.62. The van der Waals surface area contributed by atoms with Crippen molar-refractivity contribution in [3.8, 4) is 0 Å². The van der Waals surface area contributed by atoms with Crippen molar-refractivity contribution in [2.75, 3.05) is 133 Å². The quantitative estimate of drug-likeness (QED) is 0.0365. The standard InChI is InChI=1S/C10H21NO5.C8H14O4.C5H12O3.C3H4O2.C2H7NO/c1-14-6-7-15-8-9-16-10(13)2-3-11-4-5-12;1-3-8(9)12-7-6-11-5-4-10-2;1-7-4-5-8-3-2-6;1-2-3(4)5;3-1-2-4/h11-12H,2-9H2,1H3;3H,1,4-7H2,2H3;6H,2-5H2,1H3;2H,1H2,(H,4,5);4H,1-3H2. The van der Waals surface area contributed by atoms with Crippen LogP contribution in [0.4, 0.5) is 0 Å². The van der Waals surface area contributed by atoms with Gasteiger partial charge in [0.25, 0.3) is 0 Å². The number of nitrogens with one attached hydrogen (secondary N) is 1. The fraction of sp³-hybridized carbons (Fsp3) is 0.750. The molecule has 17 heteroatoms. The zero-order valence-electron chi connectivity index (χ0n) is 27.2. The SMILES string of the molecule is C=CC(=O)O.C=CC(=O)OCCOCCOC.COCCOCCO.COCCOCCOC(=O)CCNCCO.NCCO. The van der Waals surface area contributed by atoms with Gasteiger partial charge in [-0.25, -0.2) is 9.59 Å². The number of carboxylic acids is 1. The van der Waals surface area contributed by atoms with Crippen LogP contribution in [-0.4, -0.2) is 172 Å². The number of carbonyl (C=O) groups excluding carboxylic acids is 2. The van der Waals surface area contributed by atoms with Crippen LogP contribution < -0.4 is 11.1 Å². The lowest BCUT2D eigenvalue weighted by atomic mass is 10.4. The Hall–Kier alpha value is -2.55. The summed E-state index contributed by atoms with van der Waals surface area (Å²) in [6, 6.07) is 0. The van der Waals surface area contributed by atoms with Gasteiger partial charge in [0.05, 0.1) is 85.7 Å². The summed E-state index contributed by atoms with van der Waals surface area (Å²) in [4.78, 5) is 30.8. The molecule has 0 saturated heterocycles. The van der Waals surface area contributed by atoms with Gasteiger partial charge in [0.1, 0.15) is 13.2 Å². The number of aliphatic hydroxyl groups excluding tert-OH is 3. The van der Waals surface area contributed by atoms with Gasteiger partial charge >= 0.3 is 17.9 Å². The lowest BCUT2D eigenvalue weighted by Crippen LogP contribution is -2.23. The van der Waals surface area contributed by atoms with Gasteiger partial charge in [-0.3, -0.25) is 4.79 Å². The van der Waals surface area contributed by atoms with Crippen LogP contribution in [0.1, 0.15) is 6.42 Å². The normalized spacial score (nSPS) is 9.31. The molecule has 0 amide bonds. The van der Waals surface area contributed by atoms with Crippen molar-refractivity contribution in [3.05, 3.63) is 25.3 Å². The zero-order valence-corrected chi connectivity index (χ0v) is 27.2. The molecule has 0 saturated carbocycles. The second kappa shape index (κ2) is 54.0. The number of esters is 2. The topological polar surface area (TPSA) is 244 Å². The Morgan fingerprint density at radius 3 is 1.42 bits per heavy atom. The van der Waals surface area contributed by atoms with Crippen LogP contribution in [-0.2, 0) is 52.3 Å². The van der Waals surface area contributed by atoms with Gasteiger partial charge in [-0.1, -0.05) is 13.2 Å². The second-order valence-electron chi connectivity index (χ2n) is 7.41. The van der Waals surface area contributed by atoms with Gasteiger partial charge in [-0.05, 0) is 0 Å². The first-order valence-electron chi connectivity index (χ1n) is 14.0. The van der Waals surface area contributed by atoms with Gasteiger partial charge in [0.2, 0.25) is 0 Å². The summed E-state index contributed by atoms with van der Waals surface area (Å²) in [5, 5.41) is 34.9. The number of ether oxygens (including phenoxy) is 8. The number of aliphatic carboxylic acids is 1. The minimum Gasteiger partial charge on any atom is -0.478 e. The Morgan fingerprint density at radius 2 is 1.07 bits per heavy atom. The Balaban J connectivity index is -0.000000162. The molecule has 0 unspecified atom stereocenters. The average molecular weight is 663 g/mol. The molecule has 0 rings (SSSR count). The minimum absolute atomic E-state index is 0.0718. The van der Waals surface area contributed by atoms with Crippen molar-refractivity contribution in [2.24, 2.45) is 5.73 Å². The average Bonchev–Trinajstić information content (AvgIpc) is 3.05. The maximum absolute atomic E-state index is 11.1. The highest BCUT2D eigenvalue weighted by Crippen LogP contribution is 1.86. The van der Waals surface area contributed by atoms with E-state index in [2.05, 4.69) is 27.9 Å². The third-order valence-electron chi connectivity index (χ3n) is 3.76. The van der Waals surface area contributed by atoms with Crippen LogP contribution in [0.15, 0.2) is 25.3 Å². The number of carboxylic acid groups (broad SMARTS) is 1. The number of hydrogen-bond donors (Lipinski definition) is 6. The maximum Gasteiger partial charge on any atom is 0.330 e. The molecule has 0 heterocycles. The van der Waals surface area contributed by atoms with Crippen molar-refractivity contribution < 1.29 is 72.7 Å². The van der Waals surface area contributed by atoms with Crippen LogP contribution in [0.5, 0.6) is 0 Å². The third-order valence-corrected chi connectivity index (χ3v) is 3.76. The highest BCUT2D eigenvalue weighted by Gasteiger charge is 2.01. The number of carbonyl (C=O) groups is 3. The molecule has 0 aromatic carbocycles. The zero-order chi connectivity index (χ0) is 35.2. The van der Waals surface area contributed by atoms with Gasteiger partial charge in [-0.2, -0.15) is 0 Å². The van der Waals surface area contributed by atoms with E-state index in [4.69, 9.17) is 54.6 Å². The summed E-state index contributed by atoms with van der Waals surface area (Å²) in [5.41, 5.74) is 4.78. The van der Waals surface area contributed by atoms with E-state index in [1.807, 2.05) is 0 Å². The number of nitrogens with two attached hydrogens (primary N) is 1. The molecule has 270 valence electrons. The van der Waals surface area contributed by atoms with Crippen molar-refractivity contribution >= 4 is 17.9 Å². The highest BCUT2D eigenvalue weighted by molar-refractivity contribution is 5.81. The summed E-state index contributed by atoms with van der Waals surface area (Å²) in [5.74, 6) is -1.67. The predicted molar refractivity (Wildman–Crippen MR) is 166 cm³/mol. The number of hydrogen-bond acceptors (Lipinski definition) is 16. The second-order valence-corrected chi connectivity index (χ2v) is 7.41. The first-order valence-corrected chi connectivity index (χ1v) is 14.0. The fourth-order valence-corrected chi connectivity index (χ4v) is 1.74. The highest BCUT2D eigenvalue weighted by atomic mass is 16.6. The van der Waals surface area contributed by atoms with Crippen LogP contribution in [0.25, 0.3) is 0 Å². The maximum atomic E-state index is 11.1. The van der Waals surface area contributed by atoms with Crippen molar-refractivity contribution in [1.29, 1.82) is 0 Å². The first-order chi connectivity index (χ1) is 21.7. The van der Waals surface area contributed by atoms with Crippen molar-refractivity contribution in [1.82, 2.24) is 5.32 Å². The van der Waals surface area contributed by atoms with E-state index in [1.54, 1.807) is 21.3 Å². The van der Waals surface area contributed by atoms with E-state index in [0.29, 0.717) is 85.5 Å². The number of methoxy groups -OCH3 is 3. The monoisotopic (exact) mass is 662 g/mol. The molecule has 0 fully saturated rings. The number of aliphatic hydroxyl groups is 3. The minimum atomic E-state index is -0.981. The van der Waals surface area contributed by atoms with E-state index < -0.39 is 11.9 Å². The van der Waals surface area contributed by atoms with Crippen LogP contribution in [0.3, 0.4) is 0 Å². The Labute approximate surface area is 267 Å². The molecule has 0 aliphatic rings. The van der Waals surface area contributed by atoms with Crippen LogP contribution in [0.2, 0.25) is 0 Å². The van der Waals surface area contributed by atoms with Crippen molar-refractivity contribution in [2.45, 2.75) is 6.42 Å². The van der Waals surface area contributed by atoms with E-state index in [0.717, 1.165) is 12.2 Å². The van der Waals surface area contributed by atoms with E-state index in [9.17, 15) is 14.4 Å². The van der Waals surface area contributed by atoms with Crippen LogP contribution in [0, 0.1) is 0 Å². The molecular weight excluding hydrogens is 604 g/mol. The van der Waals surface area contributed by atoms with E-state index >= 15 is 0 Å². The Bertz CT molecular complexity index is 607. The molecule has 0 atom stereocenters. The Morgan fingerprint density at radius 1 is 0.644 bits per heavy atom. The molecule has 0 aliphatic carbocycles. The van der Waals surface area contributed by atoms with Gasteiger partial charge in [-0.15, -0.1) is 0 Å². The molecule has 0 bridgehead atoms. The summed E-state index contributed by atoms with van der Waals surface area (Å²) >= 11 is 0. The molecule has 0 spiro atoms. The molecule has 0 aromatic heterocycles. The van der Waals surface area contributed by atoms with Gasteiger partial charge in [0.15, 0.2) is 0 Å². The lowest BCUT2D eigenvalue weighted by Gasteiger charge is -2.06. The molecule has 7 N–H and O–H groups in total. The van der Waals surface area contributed by atoms with Gasteiger partial charge < -0.3 is 69.4 Å². The summed E-state index contributed by atoms with van der Waals surface area (Å²) < 4.78 is 38.7. The summed E-state index contributed by atoms with van der Waals surface area (Å²) in [7, 11) is 4.81. The van der Waals surface area contributed by atoms with Crippen LogP contribution >= 0.6 is 0 Å². The molecule has 0 aliphatic heterocycles. The fourth-order valence-electron chi connectivity index (χ4n) is 1.74. The number of rotatable bonds is 25. The molecule has 0 radical (unpaired) electrons. The first kappa shape index (κ1) is 52.0. The molecule has 0 aromatic rings. The largest absolute Gasteiger partial charge is 0.478 e. The molecule has 45 heavy (non-hydrogen) atoms. The Kier molecular flexibility index (Phi) is 62.4. The summed E-state index contributed by atoms with van der Waals surface area (Å²) in [6.07, 6.45) is 2.26. The molecular formula is C28H58N2O15. The van der Waals surface area contributed by atoms with E-state index in [1.165, 1.54) is 0 Å². The summed E-state index contributed by atoms with van der Waals surface area (Å²) in [6.45, 7) is 12.8. The van der Waals surface area contributed by atoms with E-state index in [-0.39, 0.29) is 39.0 Å². The molecule has 17 nitrogen and oxygen atoms in total. The lowest BCUT2D eigenvalue weighted by molar-refractivity contribution is -0.145.